The third-order valence-electron chi connectivity index (χ3n) is 4.75. The second-order valence-electron chi connectivity index (χ2n) is 6.48. The lowest BCUT2D eigenvalue weighted by Gasteiger charge is -2.19. The summed E-state index contributed by atoms with van der Waals surface area (Å²) in [5.41, 5.74) is 2.29. The fourth-order valence-electron chi connectivity index (χ4n) is 3.14. The lowest BCUT2D eigenvalue weighted by molar-refractivity contribution is 0.302. The van der Waals surface area contributed by atoms with Crippen LogP contribution in [0.1, 0.15) is 22.6 Å². The van der Waals surface area contributed by atoms with E-state index in [4.69, 9.17) is 4.74 Å². The second-order valence-corrected chi connectivity index (χ2v) is 6.48. The molecule has 0 aliphatic carbocycles. The number of benzene rings is 1. The number of nitrogens with zero attached hydrogens (tertiary/aromatic N) is 4. The number of hydrogen-bond acceptors (Lipinski definition) is 5. The Balaban J connectivity index is 1.57. The first-order valence-corrected chi connectivity index (χ1v) is 8.63. The highest BCUT2D eigenvalue weighted by Crippen LogP contribution is 2.26. The molecule has 0 unspecified atom stereocenters. The maximum Gasteiger partial charge on any atom is 0.256 e. The Morgan fingerprint density at radius 2 is 2.19 bits per heavy atom. The van der Waals surface area contributed by atoms with Gasteiger partial charge in [-0.15, -0.1) is 0 Å². The molecule has 1 N–H and O–H groups in total. The third-order valence-corrected chi connectivity index (χ3v) is 4.75. The molecule has 7 heteroatoms. The summed E-state index contributed by atoms with van der Waals surface area (Å²) < 4.78 is 7.92. The van der Waals surface area contributed by atoms with Gasteiger partial charge in [-0.3, -0.25) is 9.78 Å². The van der Waals surface area contributed by atoms with Crippen molar-refractivity contribution in [2.45, 2.75) is 26.5 Å². The summed E-state index contributed by atoms with van der Waals surface area (Å²) in [5.74, 6) is 2.34. The monoisotopic (exact) mass is 351 g/mol. The Labute approximate surface area is 151 Å². The van der Waals surface area contributed by atoms with Crippen molar-refractivity contribution in [2.75, 3.05) is 18.5 Å². The van der Waals surface area contributed by atoms with Crippen LogP contribution in [0.5, 0.6) is 5.75 Å². The topological polar surface area (TPSA) is 76.0 Å². The Bertz CT molecular complexity index is 992. The first-order valence-electron chi connectivity index (χ1n) is 8.63. The normalized spacial score (nSPS) is 12.7. The minimum Gasteiger partial charge on any atom is -0.487 e. The number of likely N-dealkylation sites (N-methyl/N-ethyl adjacent to an activating group) is 1. The summed E-state index contributed by atoms with van der Waals surface area (Å²) in [6.45, 7) is 3.75. The van der Waals surface area contributed by atoms with Gasteiger partial charge in [0.1, 0.15) is 18.2 Å². The molecular formula is C19H21N5O2. The van der Waals surface area contributed by atoms with E-state index < -0.39 is 0 Å². The van der Waals surface area contributed by atoms with Gasteiger partial charge in [0.05, 0.1) is 5.69 Å². The molecule has 0 atom stereocenters. The molecule has 0 saturated carbocycles. The number of aromatic nitrogens is 4. The number of fused-ring (bicyclic) bond motifs is 2. The second kappa shape index (κ2) is 6.67. The minimum atomic E-state index is -0.101. The molecule has 0 bridgehead atoms. The van der Waals surface area contributed by atoms with Crippen molar-refractivity contribution in [3.8, 4) is 5.75 Å². The zero-order chi connectivity index (χ0) is 18.1. The van der Waals surface area contributed by atoms with Gasteiger partial charge in [-0.1, -0.05) is 18.2 Å². The summed E-state index contributed by atoms with van der Waals surface area (Å²) in [6.07, 6.45) is 4.26. The number of anilines is 1. The first kappa shape index (κ1) is 16.4. The average Bonchev–Trinajstić information content (AvgIpc) is 2.95. The lowest BCUT2D eigenvalue weighted by Crippen LogP contribution is -2.29. The van der Waals surface area contributed by atoms with Crippen molar-refractivity contribution in [2.24, 2.45) is 0 Å². The molecule has 0 radical (unpaired) electrons. The maximum atomic E-state index is 12.6. The van der Waals surface area contributed by atoms with Crippen LogP contribution in [0.4, 0.5) is 5.95 Å². The van der Waals surface area contributed by atoms with Crippen LogP contribution in [0, 0.1) is 6.92 Å². The average molecular weight is 351 g/mol. The van der Waals surface area contributed by atoms with Gasteiger partial charge in [0.15, 0.2) is 0 Å². The van der Waals surface area contributed by atoms with Crippen LogP contribution in [-0.4, -0.2) is 33.1 Å². The van der Waals surface area contributed by atoms with Gasteiger partial charge in [-0.2, -0.15) is 0 Å². The largest absolute Gasteiger partial charge is 0.487 e. The van der Waals surface area contributed by atoms with Crippen molar-refractivity contribution in [1.82, 2.24) is 19.5 Å². The predicted octanol–water partition coefficient (Wildman–Crippen LogP) is 1.89. The quantitative estimate of drug-likeness (QED) is 0.777. The molecule has 7 nitrogen and oxygen atoms in total. The number of aromatic amines is 1. The molecule has 1 aliphatic rings. The first-order chi connectivity index (χ1) is 12.6. The van der Waals surface area contributed by atoms with E-state index in [1.54, 1.807) is 6.20 Å². The number of hydrogen-bond donors (Lipinski definition) is 1. The van der Waals surface area contributed by atoms with E-state index in [9.17, 15) is 4.79 Å². The van der Waals surface area contributed by atoms with E-state index >= 15 is 0 Å². The fraction of sp³-hybridized carbons (Fsp3) is 0.316. The number of ether oxygens (including phenoxy) is 1. The summed E-state index contributed by atoms with van der Waals surface area (Å²) >= 11 is 0. The van der Waals surface area contributed by atoms with Crippen LogP contribution in [0.3, 0.4) is 0 Å². The van der Waals surface area contributed by atoms with Crippen molar-refractivity contribution in [3.63, 3.8) is 0 Å². The number of rotatable bonds is 4. The Morgan fingerprint density at radius 3 is 3.00 bits per heavy atom. The lowest BCUT2D eigenvalue weighted by atomic mass is 10.1. The molecule has 0 fully saturated rings. The molecule has 0 saturated heterocycles. The molecule has 26 heavy (non-hydrogen) atoms. The van der Waals surface area contributed by atoms with Gasteiger partial charge in [-0.25, -0.2) is 9.97 Å². The molecule has 2 aromatic heterocycles. The SMILES string of the molecule is Cc1nccn1CCN(C)c1nc2c(c(=O)[nH]1)Cc1ccccc1OC2. The van der Waals surface area contributed by atoms with Gasteiger partial charge in [0.2, 0.25) is 5.95 Å². The number of para-hydroxylation sites is 1. The highest BCUT2D eigenvalue weighted by Gasteiger charge is 2.19. The predicted molar refractivity (Wildman–Crippen MR) is 98.7 cm³/mol. The third kappa shape index (κ3) is 3.08. The van der Waals surface area contributed by atoms with Crippen LogP contribution in [-0.2, 0) is 19.6 Å². The van der Waals surface area contributed by atoms with E-state index in [0.717, 1.165) is 23.7 Å². The molecular weight excluding hydrogens is 330 g/mol. The van der Waals surface area contributed by atoms with Gasteiger partial charge >= 0.3 is 0 Å². The maximum absolute atomic E-state index is 12.6. The van der Waals surface area contributed by atoms with Gasteiger partial charge in [0, 0.05) is 44.5 Å². The van der Waals surface area contributed by atoms with Gasteiger partial charge in [-0.05, 0) is 18.6 Å². The molecule has 0 spiro atoms. The number of imidazole rings is 1. The molecule has 1 aromatic carbocycles. The Morgan fingerprint density at radius 1 is 1.35 bits per heavy atom. The van der Waals surface area contributed by atoms with E-state index in [-0.39, 0.29) is 5.56 Å². The zero-order valence-corrected chi connectivity index (χ0v) is 14.9. The Kier molecular flexibility index (Phi) is 4.20. The summed E-state index contributed by atoms with van der Waals surface area (Å²) in [4.78, 5) is 26.4. The van der Waals surface area contributed by atoms with Crippen LogP contribution in [0.2, 0.25) is 0 Å². The van der Waals surface area contributed by atoms with Gasteiger partial charge < -0.3 is 14.2 Å². The van der Waals surface area contributed by atoms with Crippen LogP contribution in [0.25, 0.3) is 0 Å². The molecule has 3 aromatic rings. The summed E-state index contributed by atoms with van der Waals surface area (Å²) in [7, 11) is 1.92. The summed E-state index contributed by atoms with van der Waals surface area (Å²) in [5, 5.41) is 0. The standard InChI is InChI=1S/C19H21N5O2/c1-13-20-7-8-24(13)10-9-23(2)19-21-16-12-26-17-6-4-3-5-14(17)11-15(16)18(25)22-19/h3-8H,9-12H2,1-2H3,(H,21,22,25). The van der Waals surface area contributed by atoms with Crippen molar-refractivity contribution >= 4 is 5.95 Å². The van der Waals surface area contributed by atoms with E-state index in [0.29, 0.717) is 36.8 Å². The molecule has 4 rings (SSSR count). The van der Waals surface area contributed by atoms with Crippen molar-refractivity contribution in [3.05, 3.63) is 69.7 Å². The number of aryl methyl sites for hydroxylation is 1. The molecule has 3 heterocycles. The Hall–Kier alpha value is -3.09. The minimum absolute atomic E-state index is 0.101. The van der Waals surface area contributed by atoms with Crippen molar-refractivity contribution < 1.29 is 4.74 Å². The zero-order valence-electron chi connectivity index (χ0n) is 14.9. The van der Waals surface area contributed by atoms with E-state index in [1.807, 2.05) is 49.3 Å². The van der Waals surface area contributed by atoms with E-state index in [2.05, 4.69) is 19.5 Å². The van der Waals surface area contributed by atoms with Gasteiger partial charge in [0.25, 0.3) is 5.56 Å². The highest BCUT2D eigenvalue weighted by molar-refractivity contribution is 5.42. The van der Waals surface area contributed by atoms with Crippen LogP contribution < -0.4 is 15.2 Å². The molecule has 1 aliphatic heterocycles. The fourth-order valence-corrected chi connectivity index (χ4v) is 3.14. The number of nitrogens with one attached hydrogen (secondary N) is 1. The van der Waals surface area contributed by atoms with Crippen molar-refractivity contribution in [1.29, 1.82) is 0 Å². The van der Waals surface area contributed by atoms with E-state index in [1.165, 1.54) is 0 Å². The van der Waals surface area contributed by atoms with Crippen LogP contribution >= 0.6 is 0 Å². The summed E-state index contributed by atoms with van der Waals surface area (Å²) in [6, 6.07) is 7.80. The smallest absolute Gasteiger partial charge is 0.256 e. The number of H-pyrrole nitrogens is 1. The highest BCUT2D eigenvalue weighted by atomic mass is 16.5. The molecule has 134 valence electrons. The van der Waals surface area contributed by atoms with Crippen LogP contribution in [0.15, 0.2) is 41.5 Å². The molecule has 0 amide bonds.